The Labute approximate surface area is 117 Å². The number of rotatable bonds is 4. The van der Waals surface area contributed by atoms with Crippen LogP contribution in [-0.2, 0) is 13.1 Å². The van der Waals surface area contributed by atoms with Crippen LogP contribution < -0.4 is 5.32 Å². The van der Waals surface area contributed by atoms with Gasteiger partial charge in [0, 0.05) is 24.2 Å². The van der Waals surface area contributed by atoms with Crippen LogP contribution in [0.2, 0.25) is 0 Å². The van der Waals surface area contributed by atoms with E-state index in [9.17, 15) is 13.2 Å². The van der Waals surface area contributed by atoms with E-state index in [2.05, 4.69) is 21.2 Å². The number of benzene rings is 2. The number of halogens is 4. The van der Waals surface area contributed by atoms with Crippen molar-refractivity contribution in [1.29, 1.82) is 0 Å². The fourth-order valence-electron chi connectivity index (χ4n) is 1.70. The molecule has 0 amide bonds. The molecule has 5 heteroatoms. The van der Waals surface area contributed by atoms with Gasteiger partial charge in [-0.25, -0.2) is 13.2 Å². The van der Waals surface area contributed by atoms with Crippen molar-refractivity contribution in [3.8, 4) is 0 Å². The summed E-state index contributed by atoms with van der Waals surface area (Å²) in [5.74, 6) is -1.60. The first kappa shape index (κ1) is 14.1. The maximum Gasteiger partial charge on any atom is 0.144 e. The van der Waals surface area contributed by atoms with Crippen LogP contribution in [0.25, 0.3) is 0 Å². The lowest BCUT2D eigenvalue weighted by atomic mass is 10.1. The minimum Gasteiger partial charge on any atom is -0.308 e. The predicted molar refractivity (Wildman–Crippen MR) is 71.0 cm³/mol. The van der Waals surface area contributed by atoms with Crippen LogP contribution in [0.1, 0.15) is 11.1 Å². The molecule has 2 aromatic rings. The lowest BCUT2D eigenvalue weighted by molar-refractivity contribution is 0.527. The lowest BCUT2D eigenvalue weighted by Gasteiger charge is -2.09. The summed E-state index contributed by atoms with van der Waals surface area (Å²) in [6, 6.07) is 8.76. The van der Waals surface area contributed by atoms with Gasteiger partial charge in [0.15, 0.2) is 0 Å². The van der Waals surface area contributed by atoms with Crippen molar-refractivity contribution in [2.45, 2.75) is 13.1 Å². The van der Waals surface area contributed by atoms with Crippen molar-refractivity contribution >= 4 is 15.9 Å². The van der Waals surface area contributed by atoms with Gasteiger partial charge in [-0.15, -0.1) is 0 Å². The highest BCUT2D eigenvalue weighted by atomic mass is 79.9. The van der Waals surface area contributed by atoms with Gasteiger partial charge >= 0.3 is 0 Å². The highest BCUT2D eigenvalue weighted by molar-refractivity contribution is 9.10. The fourth-order valence-corrected chi connectivity index (χ4v) is 2.07. The van der Waals surface area contributed by atoms with Gasteiger partial charge in [0.05, 0.1) is 4.47 Å². The summed E-state index contributed by atoms with van der Waals surface area (Å²) < 4.78 is 40.7. The van der Waals surface area contributed by atoms with Crippen molar-refractivity contribution in [3.05, 3.63) is 69.4 Å². The molecule has 0 saturated carbocycles. The van der Waals surface area contributed by atoms with Gasteiger partial charge in [-0.1, -0.05) is 18.2 Å². The van der Waals surface area contributed by atoms with E-state index < -0.39 is 11.6 Å². The number of hydrogen-bond acceptors (Lipinski definition) is 1. The highest BCUT2D eigenvalue weighted by Gasteiger charge is 2.12. The smallest absolute Gasteiger partial charge is 0.144 e. The SMILES string of the molecule is Fc1ccccc1CNCc1c(F)ccc(Br)c1F. The molecule has 0 bridgehead atoms. The summed E-state index contributed by atoms with van der Waals surface area (Å²) in [4.78, 5) is 0. The molecular formula is C14H11BrF3N. The second kappa shape index (κ2) is 6.21. The maximum atomic E-state index is 13.7. The van der Waals surface area contributed by atoms with E-state index in [0.29, 0.717) is 5.56 Å². The second-order valence-electron chi connectivity index (χ2n) is 4.02. The first-order valence-corrected chi connectivity index (χ1v) is 6.45. The zero-order valence-corrected chi connectivity index (χ0v) is 11.5. The minimum absolute atomic E-state index is 0.00849. The van der Waals surface area contributed by atoms with E-state index in [1.54, 1.807) is 18.2 Å². The van der Waals surface area contributed by atoms with E-state index in [1.807, 2.05) is 0 Å². The topological polar surface area (TPSA) is 12.0 Å². The van der Waals surface area contributed by atoms with Gasteiger partial charge < -0.3 is 5.32 Å². The molecule has 2 aromatic carbocycles. The molecule has 0 atom stereocenters. The van der Waals surface area contributed by atoms with Gasteiger partial charge in [0.2, 0.25) is 0 Å². The molecule has 0 spiro atoms. The molecule has 0 fully saturated rings. The summed E-state index contributed by atoms with van der Waals surface area (Å²) in [5, 5.41) is 2.83. The Balaban J connectivity index is 2.04. The zero-order chi connectivity index (χ0) is 13.8. The Morgan fingerprint density at radius 1 is 0.895 bits per heavy atom. The van der Waals surface area contributed by atoms with E-state index in [1.165, 1.54) is 18.2 Å². The molecule has 0 unspecified atom stereocenters. The Hall–Kier alpha value is -1.33. The first-order valence-electron chi connectivity index (χ1n) is 5.66. The second-order valence-corrected chi connectivity index (χ2v) is 4.87. The monoisotopic (exact) mass is 329 g/mol. The summed E-state index contributed by atoms with van der Waals surface area (Å²) in [7, 11) is 0. The molecule has 100 valence electrons. The lowest BCUT2D eigenvalue weighted by Crippen LogP contribution is -2.16. The van der Waals surface area contributed by atoms with Crippen LogP contribution in [0.3, 0.4) is 0 Å². The molecule has 0 aliphatic rings. The Bertz CT molecular complexity index is 587. The van der Waals surface area contributed by atoms with Gasteiger partial charge in [-0.2, -0.15) is 0 Å². The quantitative estimate of drug-likeness (QED) is 0.830. The van der Waals surface area contributed by atoms with Gasteiger partial charge in [0.25, 0.3) is 0 Å². The largest absolute Gasteiger partial charge is 0.308 e. The molecular weight excluding hydrogens is 319 g/mol. The van der Waals surface area contributed by atoms with Crippen LogP contribution in [-0.4, -0.2) is 0 Å². The molecule has 1 N–H and O–H groups in total. The van der Waals surface area contributed by atoms with Crippen LogP contribution in [0.4, 0.5) is 13.2 Å². The van der Waals surface area contributed by atoms with Crippen LogP contribution >= 0.6 is 15.9 Å². The summed E-state index contributed by atoms with van der Waals surface area (Å²) in [5.41, 5.74) is 0.393. The van der Waals surface area contributed by atoms with E-state index in [-0.39, 0.29) is 28.9 Å². The first-order chi connectivity index (χ1) is 9.09. The van der Waals surface area contributed by atoms with E-state index in [4.69, 9.17) is 0 Å². The number of hydrogen-bond donors (Lipinski definition) is 1. The summed E-state index contributed by atoms with van der Waals surface area (Å²) in [6.45, 7) is 0.198. The predicted octanol–water partition coefficient (Wildman–Crippen LogP) is 4.16. The Morgan fingerprint density at radius 3 is 2.37 bits per heavy atom. The van der Waals surface area contributed by atoms with Crippen molar-refractivity contribution in [1.82, 2.24) is 5.32 Å². The molecule has 0 aromatic heterocycles. The third-order valence-electron chi connectivity index (χ3n) is 2.71. The average Bonchev–Trinajstić information content (AvgIpc) is 2.40. The Kier molecular flexibility index (Phi) is 4.61. The van der Waals surface area contributed by atoms with Crippen molar-refractivity contribution in [2.24, 2.45) is 0 Å². The molecule has 0 aliphatic heterocycles. The highest BCUT2D eigenvalue weighted by Crippen LogP contribution is 2.21. The fraction of sp³-hybridized carbons (Fsp3) is 0.143. The van der Waals surface area contributed by atoms with Crippen molar-refractivity contribution in [3.63, 3.8) is 0 Å². The maximum absolute atomic E-state index is 13.7. The molecule has 19 heavy (non-hydrogen) atoms. The standard InChI is InChI=1S/C14H11BrF3N/c15-11-5-6-13(17)10(14(11)18)8-19-7-9-3-1-2-4-12(9)16/h1-6,19H,7-8H2. The molecule has 0 radical (unpaired) electrons. The third-order valence-corrected chi connectivity index (χ3v) is 3.33. The third kappa shape index (κ3) is 3.36. The molecule has 0 aliphatic carbocycles. The van der Waals surface area contributed by atoms with E-state index >= 15 is 0 Å². The van der Waals surface area contributed by atoms with Crippen LogP contribution in [0.15, 0.2) is 40.9 Å². The van der Waals surface area contributed by atoms with Gasteiger partial charge in [-0.3, -0.25) is 0 Å². The van der Waals surface area contributed by atoms with E-state index in [0.717, 1.165) is 0 Å². The normalized spacial score (nSPS) is 10.7. The van der Waals surface area contributed by atoms with Gasteiger partial charge in [0.1, 0.15) is 17.5 Å². The van der Waals surface area contributed by atoms with Crippen LogP contribution in [0, 0.1) is 17.5 Å². The minimum atomic E-state index is -0.638. The van der Waals surface area contributed by atoms with Crippen molar-refractivity contribution in [2.75, 3.05) is 0 Å². The van der Waals surface area contributed by atoms with Gasteiger partial charge in [-0.05, 0) is 34.1 Å². The Morgan fingerprint density at radius 2 is 1.63 bits per heavy atom. The van der Waals surface area contributed by atoms with Crippen molar-refractivity contribution < 1.29 is 13.2 Å². The zero-order valence-electron chi connectivity index (χ0n) is 9.89. The molecule has 0 heterocycles. The summed E-state index contributed by atoms with van der Waals surface area (Å²) >= 11 is 3.00. The molecule has 1 nitrogen and oxygen atoms in total. The number of nitrogens with one attached hydrogen (secondary N) is 1. The van der Waals surface area contributed by atoms with Crippen LogP contribution in [0.5, 0.6) is 0 Å². The average molecular weight is 330 g/mol. The molecule has 0 saturated heterocycles. The molecule has 2 rings (SSSR count). The summed E-state index contributed by atoms with van der Waals surface area (Å²) in [6.07, 6.45) is 0.